The van der Waals surface area contributed by atoms with Gasteiger partial charge < -0.3 is 10.3 Å². The Hall–Kier alpha value is -3.68. The zero-order chi connectivity index (χ0) is 26.6. The lowest BCUT2D eigenvalue weighted by Gasteiger charge is -2.15. The minimum atomic E-state index is -5.24. The molecule has 4 rings (SSSR count). The van der Waals surface area contributed by atoms with Crippen molar-refractivity contribution < 1.29 is 39.2 Å². The molecule has 0 aliphatic carbocycles. The molecule has 2 N–H and O–H groups in total. The van der Waals surface area contributed by atoms with Crippen LogP contribution in [0.25, 0.3) is 22.2 Å². The average Bonchev–Trinajstić information content (AvgIpc) is 3.11. The molecule has 6 nitrogen and oxygen atoms in total. The maximum absolute atomic E-state index is 15.5. The van der Waals surface area contributed by atoms with Crippen LogP contribution in [0, 0.1) is 5.82 Å². The zero-order valence-electron chi connectivity index (χ0n) is 18.1. The van der Waals surface area contributed by atoms with Gasteiger partial charge in [-0.05, 0) is 18.2 Å². The molecule has 2 aromatic heterocycles. The number of nitrogens with two attached hydrogens (primary N) is 1. The molecule has 4 aromatic rings. The van der Waals surface area contributed by atoms with Gasteiger partial charge in [-0.1, -0.05) is 18.2 Å². The summed E-state index contributed by atoms with van der Waals surface area (Å²) in [6.45, 7) is 0. The number of anilines is 1. The molecule has 14 heteroatoms. The minimum Gasteiger partial charge on any atom is -0.383 e. The molecule has 0 amide bonds. The molecule has 0 aliphatic heterocycles. The molecule has 0 bridgehead atoms. The number of fused-ring (bicyclic) bond motifs is 1. The summed E-state index contributed by atoms with van der Waals surface area (Å²) in [4.78, 5) is 6.69. The Labute approximate surface area is 199 Å². The van der Waals surface area contributed by atoms with E-state index < -0.39 is 55.3 Å². The first-order valence-electron chi connectivity index (χ1n) is 9.95. The molecule has 0 aliphatic rings. The highest BCUT2D eigenvalue weighted by Crippen LogP contribution is 2.39. The van der Waals surface area contributed by atoms with Crippen LogP contribution in [0.2, 0.25) is 0 Å². The van der Waals surface area contributed by atoms with Crippen LogP contribution in [0.4, 0.5) is 36.6 Å². The van der Waals surface area contributed by atoms with Crippen LogP contribution in [0.15, 0.2) is 53.8 Å². The zero-order valence-corrected chi connectivity index (χ0v) is 18.9. The second kappa shape index (κ2) is 8.47. The highest BCUT2D eigenvalue weighted by molar-refractivity contribution is 7.90. The Bertz CT molecular complexity index is 1560. The van der Waals surface area contributed by atoms with Crippen molar-refractivity contribution in [2.24, 2.45) is 7.05 Å². The van der Waals surface area contributed by atoms with Crippen molar-refractivity contribution in [3.05, 3.63) is 71.4 Å². The third-order valence-electron chi connectivity index (χ3n) is 5.42. The van der Waals surface area contributed by atoms with E-state index in [9.17, 15) is 34.8 Å². The van der Waals surface area contributed by atoms with E-state index in [2.05, 4.69) is 9.97 Å². The number of benzene rings is 2. The van der Waals surface area contributed by atoms with E-state index in [1.54, 1.807) is 7.05 Å². The van der Waals surface area contributed by atoms with Crippen molar-refractivity contribution >= 4 is 26.7 Å². The molecule has 0 fully saturated rings. The molecule has 36 heavy (non-hydrogen) atoms. The first kappa shape index (κ1) is 25.4. The van der Waals surface area contributed by atoms with Crippen molar-refractivity contribution in [1.29, 1.82) is 0 Å². The lowest BCUT2D eigenvalue weighted by molar-refractivity contribution is -0.143. The van der Waals surface area contributed by atoms with E-state index >= 15 is 4.39 Å². The van der Waals surface area contributed by atoms with E-state index in [0.29, 0.717) is 5.65 Å². The fraction of sp³-hybridized carbons (Fsp3) is 0.182. The van der Waals surface area contributed by atoms with Gasteiger partial charge in [0, 0.05) is 29.9 Å². The van der Waals surface area contributed by atoms with Gasteiger partial charge in [-0.15, -0.1) is 0 Å². The van der Waals surface area contributed by atoms with Gasteiger partial charge in [0.15, 0.2) is 9.84 Å². The first-order valence-corrected chi connectivity index (χ1v) is 11.6. The third-order valence-corrected chi connectivity index (χ3v) is 7.06. The smallest absolute Gasteiger partial charge is 0.383 e. The summed E-state index contributed by atoms with van der Waals surface area (Å²) in [6.07, 6.45) is -7.81. The SMILES string of the molecule is Cn1cc(-c2cccc(CS(=O)(=O)c3cc(C(F)(F)F)cc(C(F)(F)F)c3)c2F)c2c(N)ncnc21. The molecule has 0 saturated carbocycles. The number of aryl methyl sites for hydroxylation is 1. The van der Waals surface area contributed by atoms with E-state index in [0.717, 1.165) is 6.07 Å². The van der Waals surface area contributed by atoms with Crippen LogP contribution >= 0.6 is 0 Å². The maximum atomic E-state index is 15.5. The lowest BCUT2D eigenvalue weighted by atomic mass is 10.0. The molecular formula is C22H15F7N4O2S. The number of nitrogens with zero attached hydrogens (tertiary/aromatic N) is 3. The number of halogens is 7. The molecular weight excluding hydrogens is 517 g/mol. The van der Waals surface area contributed by atoms with E-state index in [1.165, 1.54) is 29.2 Å². The van der Waals surface area contributed by atoms with Gasteiger partial charge in [-0.2, -0.15) is 26.3 Å². The van der Waals surface area contributed by atoms with Crippen LogP contribution in [0.3, 0.4) is 0 Å². The normalized spacial score (nSPS) is 12.9. The number of hydrogen-bond acceptors (Lipinski definition) is 5. The minimum absolute atomic E-state index is 0.0247. The van der Waals surface area contributed by atoms with Crippen LogP contribution in [0.1, 0.15) is 16.7 Å². The number of sulfone groups is 1. The highest BCUT2D eigenvalue weighted by atomic mass is 32.2. The highest BCUT2D eigenvalue weighted by Gasteiger charge is 2.38. The van der Waals surface area contributed by atoms with Gasteiger partial charge in [0.2, 0.25) is 0 Å². The van der Waals surface area contributed by atoms with Crippen LogP contribution < -0.4 is 5.73 Å². The van der Waals surface area contributed by atoms with E-state index in [4.69, 9.17) is 5.73 Å². The Morgan fingerprint density at radius 1 is 0.944 bits per heavy atom. The van der Waals surface area contributed by atoms with Gasteiger partial charge in [0.05, 0.1) is 27.2 Å². The Kier molecular flexibility index (Phi) is 5.98. The van der Waals surface area contributed by atoms with E-state index in [-0.39, 0.29) is 40.5 Å². The summed E-state index contributed by atoms with van der Waals surface area (Å²) in [7, 11) is -3.23. The van der Waals surface area contributed by atoms with Crippen molar-refractivity contribution in [3.8, 4) is 11.1 Å². The summed E-state index contributed by atoms with van der Waals surface area (Å²) in [5.74, 6) is -2.21. The Morgan fingerprint density at radius 3 is 2.14 bits per heavy atom. The second-order valence-electron chi connectivity index (χ2n) is 7.89. The fourth-order valence-corrected chi connectivity index (χ4v) is 5.14. The number of hydrogen-bond donors (Lipinski definition) is 1. The summed E-state index contributed by atoms with van der Waals surface area (Å²) in [6, 6.07) is 3.69. The van der Waals surface area contributed by atoms with Crippen molar-refractivity contribution in [1.82, 2.24) is 14.5 Å². The predicted octanol–water partition coefficient (Wildman–Crippen LogP) is 5.37. The van der Waals surface area contributed by atoms with E-state index in [1.807, 2.05) is 0 Å². The third kappa shape index (κ3) is 4.59. The average molecular weight is 532 g/mol. The molecule has 0 radical (unpaired) electrons. The second-order valence-corrected chi connectivity index (χ2v) is 9.88. The van der Waals surface area contributed by atoms with Gasteiger partial charge in [0.25, 0.3) is 0 Å². The first-order chi connectivity index (χ1) is 16.6. The molecule has 2 heterocycles. The standard InChI is InChI=1S/C22H15F7N4O2S/c1-33-8-16(17-19(30)31-10-32-20(17)33)15-4-2-3-11(18(15)23)9-36(34,35)14-6-12(21(24,25)26)5-13(7-14)22(27,28)29/h2-8,10H,9H2,1H3,(H2,30,31,32). The lowest BCUT2D eigenvalue weighted by Crippen LogP contribution is -2.14. The quantitative estimate of drug-likeness (QED) is 0.357. The summed E-state index contributed by atoms with van der Waals surface area (Å²) in [5.41, 5.74) is 2.33. The molecule has 0 unspecified atom stereocenters. The number of rotatable bonds is 4. The van der Waals surface area contributed by atoms with Crippen molar-refractivity contribution in [2.45, 2.75) is 23.0 Å². The molecule has 190 valence electrons. The number of nitrogen functional groups attached to an aromatic ring is 1. The van der Waals surface area contributed by atoms with Crippen LogP contribution in [-0.2, 0) is 35.0 Å². The Balaban J connectivity index is 1.82. The summed E-state index contributed by atoms with van der Waals surface area (Å²) >= 11 is 0. The molecule has 0 atom stereocenters. The van der Waals surface area contributed by atoms with Crippen LogP contribution in [-0.4, -0.2) is 23.0 Å². The van der Waals surface area contributed by atoms with Gasteiger partial charge >= 0.3 is 12.4 Å². The largest absolute Gasteiger partial charge is 0.416 e. The van der Waals surface area contributed by atoms with Crippen LogP contribution in [0.5, 0.6) is 0 Å². The monoisotopic (exact) mass is 532 g/mol. The molecule has 2 aromatic carbocycles. The predicted molar refractivity (Wildman–Crippen MR) is 116 cm³/mol. The summed E-state index contributed by atoms with van der Waals surface area (Å²) in [5, 5.41) is 0.284. The van der Waals surface area contributed by atoms with Gasteiger partial charge in [-0.3, -0.25) is 0 Å². The number of aromatic nitrogens is 3. The summed E-state index contributed by atoms with van der Waals surface area (Å²) < 4.78 is 122. The topological polar surface area (TPSA) is 90.9 Å². The number of alkyl halides is 6. The van der Waals surface area contributed by atoms with Crippen molar-refractivity contribution in [3.63, 3.8) is 0 Å². The Morgan fingerprint density at radius 2 is 1.56 bits per heavy atom. The molecule has 0 spiro atoms. The van der Waals surface area contributed by atoms with Crippen molar-refractivity contribution in [2.75, 3.05) is 5.73 Å². The van der Waals surface area contributed by atoms with Gasteiger partial charge in [0.1, 0.15) is 23.6 Å². The maximum Gasteiger partial charge on any atom is 0.416 e. The fourth-order valence-electron chi connectivity index (χ4n) is 3.73. The van der Waals surface area contributed by atoms with Gasteiger partial charge in [-0.25, -0.2) is 22.8 Å². The molecule has 0 saturated heterocycles.